The SMILES string of the molecule is COc1ccc(C)cc1CC(=O)O[C@@H](C)C(=O)Nc1ccc(C(F)(F)F)cc1. The van der Waals surface area contributed by atoms with Crippen LogP contribution in [0.1, 0.15) is 23.6 Å². The molecular formula is C20H20F3NO4. The maximum atomic E-state index is 12.6. The average Bonchev–Trinajstić information content (AvgIpc) is 2.61. The molecule has 0 bridgehead atoms. The molecular weight excluding hydrogens is 375 g/mol. The Hall–Kier alpha value is -3.03. The van der Waals surface area contributed by atoms with E-state index in [-0.39, 0.29) is 12.1 Å². The number of anilines is 1. The number of halogens is 3. The van der Waals surface area contributed by atoms with Crippen LogP contribution in [0.25, 0.3) is 0 Å². The fraction of sp³-hybridized carbons (Fsp3) is 0.300. The predicted molar refractivity (Wildman–Crippen MR) is 97.1 cm³/mol. The van der Waals surface area contributed by atoms with Crippen LogP contribution in [0, 0.1) is 6.92 Å². The second-order valence-electron chi connectivity index (χ2n) is 6.19. The van der Waals surface area contributed by atoms with E-state index in [4.69, 9.17) is 9.47 Å². The molecule has 28 heavy (non-hydrogen) atoms. The second-order valence-corrected chi connectivity index (χ2v) is 6.19. The Balaban J connectivity index is 1.95. The van der Waals surface area contributed by atoms with Crippen LogP contribution in [-0.4, -0.2) is 25.1 Å². The summed E-state index contributed by atoms with van der Waals surface area (Å²) < 4.78 is 48.0. The highest BCUT2D eigenvalue weighted by Gasteiger charge is 2.30. The van der Waals surface area contributed by atoms with Crippen LogP contribution in [0.2, 0.25) is 0 Å². The van der Waals surface area contributed by atoms with Crippen molar-refractivity contribution in [1.29, 1.82) is 0 Å². The molecule has 0 fully saturated rings. The molecule has 0 heterocycles. The number of benzene rings is 2. The van der Waals surface area contributed by atoms with Gasteiger partial charge in [-0.2, -0.15) is 13.2 Å². The van der Waals surface area contributed by atoms with Gasteiger partial charge in [0, 0.05) is 11.3 Å². The maximum Gasteiger partial charge on any atom is 0.416 e. The highest BCUT2D eigenvalue weighted by Crippen LogP contribution is 2.29. The van der Waals surface area contributed by atoms with E-state index in [1.165, 1.54) is 14.0 Å². The normalized spacial score (nSPS) is 12.2. The Labute approximate surface area is 160 Å². The summed E-state index contributed by atoms with van der Waals surface area (Å²) in [5.41, 5.74) is 0.915. The molecule has 0 unspecified atom stereocenters. The number of rotatable bonds is 6. The summed E-state index contributed by atoms with van der Waals surface area (Å²) in [6, 6.07) is 9.34. The number of carbonyl (C=O) groups is 2. The molecule has 8 heteroatoms. The van der Waals surface area contributed by atoms with Gasteiger partial charge in [-0.3, -0.25) is 9.59 Å². The van der Waals surface area contributed by atoms with Crippen molar-refractivity contribution in [3.8, 4) is 5.75 Å². The van der Waals surface area contributed by atoms with Crippen molar-refractivity contribution in [2.45, 2.75) is 32.5 Å². The first-order valence-electron chi connectivity index (χ1n) is 8.41. The Bertz CT molecular complexity index is 848. The van der Waals surface area contributed by atoms with E-state index in [2.05, 4.69) is 5.32 Å². The lowest BCUT2D eigenvalue weighted by molar-refractivity contribution is -0.152. The van der Waals surface area contributed by atoms with Gasteiger partial charge in [0.25, 0.3) is 5.91 Å². The monoisotopic (exact) mass is 395 g/mol. The number of amides is 1. The predicted octanol–water partition coefficient (Wildman–Crippen LogP) is 4.14. The van der Waals surface area contributed by atoms with Gasteiger partial charge in [-0.1, -0.05) is 17.7 Å². The van der Waals surface area contributed by atoms with Gasteiger partial charge in [-0.15, -0.1) is 0 Å². The molecule has 0 aliphatic carbocycles. The van der Waals surface area contributed by atoms with Gasteiger partial charge >= 0.3 is 12.1 Å². The molecule has 0 spiro atoms. The third kappa shape index (κ3) is 5.73. The van der Waals surface area contributed by atoms with Crippen molar-refractivity contribution in [2.24, 2.45) is 0 Å². The quantitative estimate of drug-likeness (QED) is 0.747. The van der Waals surface area contributed by atoms with E-state index in [0.29, 0.717) is 11.3 Å². The molecule has 0 saturated heterocycles. The molecule has 1 amide bonds. The smallest absolute Gasteiger partial charge is 0.416 e. The van der Waals surface area contributed by atoms with Gasteiger partial charge in [-0.05, 0) is 44.2 Å². The largest absolute Gasteiger partial charge is 0.496 e. The Kier molecular flexibility index (Phi) is 6.66. The summed E-state index contributed by atoms with van der Waals surface area (Å²) in [4.78, 5) is 24.3. The zero-order chi connectivity index (χ0) is 20.9. The molecule has 1 N–H and O–H groups in total. The van der Waals surface area contributed by atoms with Crippen molar-refractivity contribution < 1.29 is 32.2 Å². The number of aryl methyl sites for hydroxylation is 1. The van der Waals surface area contributed by atoms with Crippen LogP contribution >= 0.6 is 0 Å². The first kappa shape index (κ1) is 21.3. The number of ether oxygens (including phenoxy) is 2. The van der Waals surface area contributed by atoms with Gasteiger partial charge in [0.2, 0.25) is 0 Å². The number of nitrogens with one attached hydrogen (secondary N) is 1. The zero-order valence-electron chi connectivity index (χ0n) is 15.6. The lowest BCUT2D eigenvalue weighted by atomic mass is 10.1. The Morgan fingerprint density at radius 1 is 1.11 bits per heavy atom. The molecule has 2 aromatic rings. The van der Waals surface area contributed by atoms with Crippen LogP contribution in [-0.2, 0) is 26.9 Å². The van der Waals surface area contributed by atoms with E-state index in [1.807, 2.05) is 13.0 Å². The topological polar surface area (TPSA) is 64.6 Å². The minimum atomic E-state index is -4.46. The molecule has 0 saturated carbocycles. The lowest BCUT2D eigenvalue weighted by Crippen LogP contribution is -2.30. The summed E-state index contributed by atoms with van der Waals surface area (Å²) in [5, 5.41) is 2.41. The number of hydrogen-bond donors (Lipinski definition) is 1. The van der Waals surface area contributed by atoms with Crippen LogP contribution < -0.4 is 10.1 Å². The molecule has 0 aromatic heterocycles. The summed E-state index contributed by atoms with van der Waals surface area (Å²) in [6.45, 7) is 3.25. The van der Waals surface area contributed by atoms with Crippen molar-refractivity contribution in [2.75, 3.05) is 12.4 Å². The summed E-state index contributed by atoms with van der Waals surface area (Å²) >= 11 is 0. The van der Waals surface area contributed by atoms with Crippen LogP contribution in [0.4, 0.5) is 18.9 Å². The number of methoxy groups -OCH3 is 1. The van der Waals surface area contributed by atoms with Crippen molar-refractivity contribution in [3.63, 3.8) is 0 Å². The van der Waals surface area contributed by atoms with Crippen molar-refractivity contribution >= 4 is 17.6 Å². The van der Waals surface area contributed by atoms with Crippen LogP contribution in [0.3, 0.4) is 0 Å². The molecule has 0 aliphatic rings. The molecule has 2 rings (SSSR count). The number of carbonyl (C=O) groups excluding carboxylic acids is 2. The molecule has 150 valence electrons. The van der Waals surface area contributed by atoms with Crippen LogP contribution in [0.5, 0.6) is 5.75 Å². The Morgan fingerprint density at radius 3 is 2.32 bits per heavy atom. The highest BCUT2D eigenvalue weighted by atomic mass is 19.4. The highest BCUT2D eigenvalue weighted by molar-refractivity contribution is 5.95. The third-order valence-electron chi connectivity index (χ3n) is 3.93. The van der Waals surface area contributed by atoms with Crippen molar-refractivity contribution in [3.05, 3.63) is 59.2 Å². The zero-order valence-corrected chi connectivity index (χ0v) is 15.6. The Morgan fingerprint density at radius 2 is 1.75 bits per heavy atom. The van der Waals surface area contributed by atoms with Gasteiger partial charge in [0.05, 0.1) is 19.1 Å². The maximum absolute atomic E-state index is 12.6. The third-order valence-corrected chi connectivity index (χ3v) is 3.93. The summed E-state index contributed by atoms with van der Waals surface area (Å²) in [6.07, 6.45) is -5.66. The van der Waals surface area contributed by atoms with E-state index in [0.717, 1.165) is 29.8 Å². The second kappa shape index (κ2) is 8.77. The minimum Gasteiger partial charge on any atom is -0.496 e. The molecule has 0 radical (unpaired) electrons. The molecule has 2 aromatic carbocycles. The standard InChI is InChI=1S/C20H20F3NO4/c1-12-4-9-17(27-3)14(10-12)11-18(25)28-13(2)19(26)24-16-7-5-15(6-8-16)20(21,22)23/h4-10,13H,11H2,1-3H3,(H,24,26)/t13-/m0/s1. The van der Waals surface area contributed by atoms with E-state index >= 15 is 0 Å². The van der Waals surface area contributed by atoms with E-state index in [1.54, 1.807) is 12.1 Å². The molecule has 0 aliphatic heterocycles. The fourth-order valence-corrected chi connectivity index (χ4v) is 2.48. The lowest BCUT2D eigenvalue weighted by Gasteiger charge is -2.15. The molecule has 1 atom stereocenters. The number of esters is 1. The number of hydrogen-bond acceptors (Lipinski definition) is 4. The van der Waals surface area contributed by atoms with E-state index < -0.39 is 29.7 Å². The fourth-order valence-electron chi connectivity index (χ4n) is 2.48. The van der Waals surface area contributed by atoms with Crippen LogP contribution in [0.15, 0.2) is 42.5 Å². The van der Waals surface area contributed by atoms with E-state index in [9.17, 15) is 22.8 Å². The summed E-state index contributed by atoms with van der Waals surface area (Å²) in [5.74, 6) is -0.743. The van der Waals surface area contributed by atoms with Gasteiger partial charge in [0.1, 0.15) is 5.75 Å². The van der Waals surface area contributed by atoms with Gasteiger partial charge in [0.15, 0.2) is 6.10 Å². The van der Waals surface area contributed by atoms with Gasteiger partial charge in [-0.25, -0.2) is 0 Å². The number of alkyl halides is 3. The minimum absolute atomic E-state index is 0.0806. The van der Waals surface area contributed by atoms with Gasteiger partial charge < -0.3 is 14.8 Å². The van der Waals surface area contributed by atoms with Crippen molar-refractivity contribution in [1.82, 2.24) is 0 Å². The first-order valence-corrected chi connectivity index (χ1v) is 8.41. The first-order chi connectivity index (χ1) is 13.1. The summed E-state index contributed by atoms with van der Waals surface area (Å²) in [7, 11) is 1.49. The average molecular weight is 395 g/mol. The molecule has 5 nitrogen and oxygen atoms in total.